The van der Waals surface area contributed by atoms with Crippen molar-refractivity contribution in [1.82, 2.24) is 5.32 Å². The van der Waals surface area contributed by atoms with Crippen LogP contribution in [-0.2, 0) is 6.42 Å². The molecule has 0 aliphatic heterocycles. The molecule has 0 radical (unpaired) electrons. The predicted octanol–water partition coefficient (Wildman–Crippen LogP) is 3.09. The monoisotopic (exact) mass is 241 g/mol. The lowest BCUT2D eigenvalue weighted by atomic mass is 10.0. The van der Waals surface area contributed by atoms with Gasteiger partial charge in [-0.25, -0.2) is 0 Å². The number of benzene rings is 2. The summed E-state index contributed by atoms with van der Waals surface area (Å²) in [7, 11) is 0. The SMILES string of the molecule is Oc1ccc2ccccc2c1CCNCC1CC1. The fourth-order valence-electron chi connectivity index (χ4n) is 2.43. The third kappa shape index (κ3) is 2.49. The third-order valence-electron chi connectivity index (χ3n) is 3.70. The summed E-state index contributed by atoms with van der Waals surface area (Å²) in [5, 5.41) is 15.9. The number of nitrogens with one attached hydrogen (secondary N) is 1. The van der Waals surface area contributed by atoms with Crippen molar-refractivity contribution in [2.24, 2.45) is 5.92 Å². The first-order valence-electron chi connectivity index (χ1n) is 6.75. The lowest BCUT2D eigenvalue weighted by Crippen LogP contribution is -2.19. The van der Waals surface area contributed by atoms with Crippen LogP contribution in [0.3, 0.4) is 0 Å². The van der Waals surface area contributed by atoms with Crippen molar-refractivity contribution in [3.05, 3.63) is 42.0 Å². The van der Waals surface area contributed by atoms with Gasteiger partial charge in [0.15, 0.2) is 0 Å². The maximum absolute atomic E-state index is 10.0. The third-order valence-corrected chi connectivity index (χ3v) is 3.70. The Morgan fingerprint density at radius 1 is 1.11 bits per heavy atom. The first kappa shape index (κ1) is 11.5. The highest BCUT2D eigenvalue weighted by Gasteiger charge is 2.20. The summed E-state index contributed by atoms with van der Waals surface area (Å²) in [4.78, 5) is 0. The van der Waals surface area contributed by atoms with Gasteiger partial charge in [0.2, 0.25) is 0 Å². The van der Waals surface area contributed by atoms with Crippen molar-refractivity contribution >= 4 is 10.8 Å². The molecule has 1 aliphatic rings. The number of rotatable bonds is 5. The van der Waals surface area contributed by atoms with Gasteiger partial charge in [-0.1, -0.05) is 30.3 Å². The Labute approximate surface area is 108 Å². The summed E-state index contributed by atoms with van der Waals surface area (Å²) in [6.07, 6.45) is 3.65. The minimum absolute atomic E-state index is 0.418. The predicted molar refractivity (Wildman–Crippen MR) is 74.9 cm³/mol. The first-order chi connectivity index (χ1) is 8.84. The van der Waals surface area contributed by atoms with Crippen LogP contribution in [0.4, 0.5) is 0 Å². The molecule has 18 heavy (non-hydrogen) atoms. The summed E-state index contributed by atoms with van der Waals surface area (Å²) in [5.41, 5.74) is 1.07. The lowest BCUT2D eigenvalue weighted by Gasteiger charge is -2.09. The van der Waals surface area contributed by atoms with Crippen molar-refractivity contribution in [2.45, 2.75) is 19.3 Å². The zero-order chi connectivity index (χ0) is 12.4. The fraction of sp³-hybridized carbons (Fsp3) is 0.375. The van der Waals surface area contributed by atoms with E-state index in [4.69, 9.17) is 0 Å². The molecule has 1 fully saturated rings. The first-order valence-corrected chi connectivity index (χ1v) is 6.75. The molecule has 2 aromatic rings. The van der Waals surface area contributed by atoms with E-state index in [9.17, 15) is 5.11 Å². The highest BCUT2D eigenvalue weighted by molar-refractivity contribution is 5.87. The second-order valence-electron chi connectivity index (χ2n) is 5.18. The summed E-state index contributed by atoms with van der Waals surface area (Å²) >= 11 is 0. The van der Waals surface area contributed by atoms with Gasteiger partial charge in [0.1, 0.15) is 5.75 Å². The van der Waals surface area contributed by atoms with Gasteiger partial charge >= 0.3 is 0 Å². The van der Waals surface area contributed by atoms with Crippen molar-refractivity contribution in [3.63, 3.8) is 0 Å². The van der Waals surface area contributed by atoms with Gasteiger partial charge in [-0.05, 0) is 55.1 Å². The molecule has 3 rings (SSSR count). The molecule has 2 aromatic carbocycles. The van der Waals surface area contributed by atoms with Crippen LogP contribution in [0.15, 0.2) is 36.4 Å². The molecule has 0 bridgehead atoms. The van der Waals surface area contributed by atoms with E-state index in [0.29, 0.717) is 5.75 Å². The number of aromatic hydroxyl groups is 1. The molecular formula is C16H19NO. The van der Waals surface area contributed by atoms with E-state index in [2.05, 4.69) is 17.4 Å². The minimum Gasteiger partial charge on any atom is -0.508 e. The molecular weight excluding hydrogens is 222 g/mol. The van der Waals surface area contributed by atoms with Crippen LogP contribution < -0.4 is 5.32 Å². The largest absolute Gasteiger partial charge is 0.508 e. The maximum atomic E-state index is 10.0. The zero-order valence-electron chi connectivity index (χ0n) is 10.5. The van der Waals surface area contributed by atoms with Gasteiger partial charge in [0.05, 0.1) is 0 Å². The average Bonchev–Trinajstić information content (AvgIpc) is 3.21. The van der Waals surface area contributed by atoms with Crippen LogP contribution >= 0.6 is 0 Å². The van der Waals surface area contributed by atoms with E-state index in [1.54, 1.807) is 6.07 Å². The topological polar surface area (TPSA) is 32.3 Å². The standard InChI is InChI=1S/C16H19NO/c18-16-8-7-13-3-1-2-4-14(13)15(16)9-10-17-11-12-5-6-12/h1-4,7-8,12,17-18H,5-6,9-11H2. The fourth-order valence-corrected chi connectivity index (χ4v) is 2.43. The van der Waals surface area contributed by atoms with Crippen LogP contribution in [0.2, 0.25) is 0 Å². The molecule has 94 valence electrons. The number of hydrogen-bond acceptors (Lipinski definition) is 2. The molecule has 0 aromatic heterocycles. The number of phenolic OH excluding ortho intramolecular Hbond substituents is 1. The van der Waals surface area contributed by atoms with E-state index >= 15 is 0 Å². The van der Waals surface area contributed by atoms with E-state index < -0.39 is 0 Å². The van der Waals surface area contributed by atoms with Crippen molar-refractivity contribution in [2.75, 3.05) is 13.1 Å². The Kier molecular flexibility index (Phi) is 3.20. The summed E-state index contributed by atoms with van der Waals surface area (Å²) in [5.74, 6) is 1.33. The van der Waals surface area contributed by atoms with Crippen molar-refractivity contribution in [1.29, 1.82) is 0 Å². The van der Waals surface area contributed by atoms with Crippen molar-refractivity contribution < 1.29 is 5.11 Å². The number of fused-ring (bicyclic) bond motifs is 1. The quantitative estimate of drug-likeness (QED) is 0.788. The van der Waals surface area contributed by atoms with E-state index in [0.717, 1.165) is 31.0 Å². The van der Waals surface area contributed by atoms with Gasteiger partial charge in [0, 0.05) is 5.56 Å². The van der Waals surface area contributed by atoms with Gasteiger partial charge in [-0.2, -0.15) is 0 Å². The molecule has 2 heteroatoms. The Morgan fingerprint density at radius 3 is 2.78 bits per heavy atom. The molecule has 0 amide bonds. The normalized spacial score (nSPS) is 15.1. The zero-order valence-corrected chi connectivity index (χ0v) is 10.5. The molecule has 0 saturated heterocycles. The Hall–Kier alpha value is -1.54. The van der Waals surface area contributed by atoms with Gasteiger partial charge in [-0.3, -0.25) is 0 Å². The molecule has 2 nitrogen and oxygen atoms in total. The van der Waals surface area contributed by atoms with Crippen LogP contribution in [0.25, 0.3) is 10.8 Å². The summed E-state index contributed by atoms with van der Waals surface area (Å²) in [6.45, 7) is 2.07. The average molecular weight is 241 g/mol. The Bertz CT molecular complexity index is 546. The Morgan fingerprint density at radius 2 is 1.94 bits per heavy atom. The van der Waals surface area contributed by atoms with Crippen LogP contribution in [0, 0.1) is 5.92 Å². The number of hydrogen-bond donors (Lipinski definition) is 2. The van der Waals surface area contributed by atoms with E-state index in [1.807, 2.05) is 18.2 Å². The highest BCUT2D eigenvalue weighted by atomic mass is 16.3. The van der Waals surface area contributed by atoms with Crippen LogP contribution in [0.5, 0.6) is 5.75 Å². The molecule has 1 aliphatic carbocycles. The summed E-state index contributed by atoms with van der Waals surface area (Å²) in [6, 6.07) is 12.0. The second kappa shape index (κ2) is 4.99. The molecule has 0 spiro atoms. The van der Waals surface area contributed by atoms with E-state index in [1.165, 1.54) is 23.6 Å². The Balaban J connectivity index is 1.74. The lowest BCUT2D eigenvalue weighted by molar-refractivity contribution is 0.468. The smallest absolute Gasteiger partial charge is 0.119 e. The van der Waals surface area contributed by atoms with Crippen LogP contribution in [0.1, 0.15) is 18.4 Å². The molecule has 1 saturated carbocycles. The highest BCUT2D eigenvalue weighted by Crippen LogP contribution is 2.28. The van der Waals surface area contributed by atoms with Crippen molar-refractivity contribution in [3.8, 4) is 5.75 Å². The molecule has 0 unspecified atom stereocenters. The molecule has 0 atom stereocenters. The van der Waals surface area contributed by atoms with Gasteiger partial charge in [-0.15, -0.1) is 0 Å². The summed E-state index contributed by atoms with van der Waals surface area (Å²) < 4.78 is 0. The van der Waals surface area contributed by atoms with E-state index in [-0.39, 0.29) is 0 Å². The van der Waals surface area contributed by atoms with Gasteiger partial charge in [0.25, 0.3) is 0 Å². The second-order valence-corrected chi connectivity index (χ2v) is 5.18. The number of phenols is 1. The molecule has 2 N–H and O–H groups in total. The van der Waals surface area contributed by atoms with Crippen LogP contribution in [-0.4, -0.2) is 18.2 Å². The maximum Gasteiger partial charge on any atom is 0.119 e. The molecule has 0 heterocycles. The minimum atomic E-state index is 0.418. The van der Waals surface area contributed by atoms with Gasteiger partial charge < -0.3 is 10.4 Å².